The fourth-order valence-electron chi connectivity index (χ4n) is 1.71. The molecule has 1 rings (SSSR count). The first-order chi connectivity index (χ1) is 9.14. The quantitative estimate of drug-likeness (QED) is 0.703. The van der Waals surface area contributed by atoms with Crippen LogP contribution in [0, 0.1) is 0 Å². The maximum absolute atomic E-state index is 12.7. The Kier molecular flexibility index (Phi) is 5.79. The van der Waals surface area contributed by atoms with Crippen molar-refractivity contribution in [3.8, 4) is 0 Å². The van der Waals surface area contributed by atoms with Crippen LogP contribution in [0.1, 0.15) is 27.2 Å². The number of halogens is 3. The summed E-state index contributed by atoms with van der Waals surface area (Å²) in [5.74, 6) is -1.78. The lowest BCUT2D eigenvalue weighted by molar-refractivity contribution is -0.232. The van der Waals surface area contributed by atoms with Gasteiger partial charge in [-0.3, -0.25) is 4.79 Å². The number of carbonyl (C=O) groups is 1. The molecule has 0 radical (unpaired) electrons. The molecular weight excluding hydrogens is 281 g/mol. The van der Waals surface area contributed by atoms with Crippen LogP contribution < -0.4 is 0 Å². The summed E-state index contributed by atoms with van der Waals surface area (Å²) >= 11 is 0. The molecule has 8 heteroatoms. The van der Waals surface area contributed by atoms with Crippen LogP contribution in [-0.4, -0.2) is 50.0 Å². The summed E-state index contributed by atoms with van der Waals surface area (Å²) in [4.78, 5) is 11.1. The molecule has 2 atom stereocenters. The maximum Gasteiger partial charge on any atom is 0.415 e. The molecule has 0 saturated carbocycles. The van der Waals surface area contributed by atoms with E-state index in [1.807, 2.05) is 0 Å². The molecule has 0 bridgehead atoms. The third kappa shape index (κ3) is 5.64. The van der Waals surface area contributed by atoms with Gasteiger partial charge >= 0.3 is 12.1 Å². The van der Waals surface area contributed by atoms with Crippen molar-refractivity contribution in [1.29, 1.82) is 0 Å². The second-order valence-electron chi connectivity index (χ2n) is 4.82. The minimum Gasteiger partial charge on any atom is -0.466 e. The molecule has 0 aromatic heterocycles. The zero-order valence-electron chi connectivity index (χ0n) is 11.7. The summed E-state index contributed by atoms with van der Waals surface area (Å²) < 4.78 is 58.0. The van der Waals surface area contributed by atoms with Crippen molar-refractivity contribution in [3.05, 3.63) is 0 Å². The zero-order valence-corrected chi connectivity index (χ0v) is 11.7. The van der Waals surface area contributed by atoms with Gasteiger partial charge in [0.1, 0.15) is 6.10 Å². The molecule has 1 aliphatic rings. The number of ether oxygens (including phenoxy) is 4. The molecule has 0 N–H and O–H groups in total. The van der Waals surface area contributed by atoms with Crippen LogP contribution >= 0.6 is 0 Å². The number of rotatable bonds is 6. The van der Waals surface area contributed by atoms with Gasteiger partial charge in [0.25, 0.3) is 0 Å². The lowest BCUT2D eigenvalue weighted by atomic mass is 10.2. The molecule has 0 spiro atoms. The van der Waals surface area contributed by atoms with Gasteiger partial charge in [0.2, 0.25) is 0 Å². The Bertz CT molecular complexity index is 330. The highest BCUT2D eigenvalue weighted by Crippen LogP contribution is 2.28. The van der Waals surface area contributed by atoms with Gasteiger partial charge in [-0.15, -0.1) is 0 Å². The number of alkyl halides is 3. The number of hydrogen-bond donors (Lipinski definition) is 0. The SMILES string of the molecule is CCOC(=O)CC(OCC1COC(C)(C)O1)C(F)(F)F. The predicted molar refractivity (Wildman–Crippen MR) is 61.9 cm³/mol. The molecule has 0 aliphatic carbocycles. The van der Waals surface area contributed by atoms with Crippen molar-refractivity contribution < 1.29 is 36.9 Å². The van der Waals surface area contributed by atoms with E-state index in [4.69, 9.17) is 14.2 Å². The van der Waals surface area contributed by atoms with Crippen molar-refractivity contribution >= 4 is 5.97 Å². The Morgan fingerprint density at radius 1 is 1.45 bits per heavy atom. The summed E-state index contributed by atoms with van der Waals surface area (Å²) in [6.45, 7) is 4.72. The Morgan fingerprint density at radius 2 is 2.10 bits per heavy atom. The first-order valence-corrected chi connectivity index (χ1v) is 6.29. The highest BCUT2D eigenvalue weighted by molar-refractivity contribution is 5.70. The topological polar surface area (TPSA) is 54.0 Å². The summed E-state index contributed by atoms with van der Waals surface area (Å²) in [7, 11) is 0. The number of carbonyl (C=O) groups excluding carboxylic acids is 1. The van der Waals surface area contributed by atoms with Crippen LogP contribution in [0.25, 0.3) is 0 Å². The van der Waals surface area contributed by atoms with Crippen LogP contribution in [0.15, 0.2) is 0 Å². The molecule has 1 aliphatic heterocycles. The Balaban J connectivity index is 2.47. The summed E-state index contributed by atoms with van der Waals surface area (Å²) in [6.07, 6.45) is -8.29. The molecule has 2 unspecified atom stereocenters. The molecule has 118 valence electrons. The molecule has 1 heterocycles. The van der Waals surface area contributed by atoms with Gasteiger partial charge in [-0.1, -0.05) is 0 Å². The average Bonchev–Trinajstić information content (AvgIpc) is 2.63. The van der Waals surface area contributed by atoms with Crippen molar-refractivity contribution in [2.45, 2.75) is 51.4 Å². The highest BCUT2D eigenvalue weighted by Gasteiger charge is 2.43. The van der Waals surface area contributed by atoms with Crippen molar-refractivity contribution in [1.82, 2.24) is 0 Å². The fraction of sp³-hybridized carbons (Fsp3) is 0.917. The fourth-order valence-corrected chi connectivity index (χ4v) is 1.71. The zero-order chi connectivity index (χ0) is 15.4. The van der Waals surface area contributed by atoms with E-state index in [9.17, 15) is 18.0 Å². The van der Waals surface area contributed by atoms with Gasteiger partial charge in [-0.05, 0) is 20.8 Å². The molecule has 0 aromatic carbocycles. The minimum atomic E-state index is -4.64. The molecule has 1 fully saturated rings. The molecule has 0 amide bonds. The minimum absolute atomic E-state index is 0.0250. The molecule has 20 heavy (non-hydrogen) atoms. The van der Waals surface area contributed by atoms with E-state index in [1.165, 1.54) is 6.92 Å². The second-order valence-corrected chi connectivity index (χ2v) is 4.82. The van der Waals surface area contributed by atoms with Gasteiger partial charge in [0.15, 0.2) is 11.9 Å². The van der Waals surface area contributed by atoms with E-state index >= 15 is 0 Å². The van der Waals surface area contributed by atoms with Crippen molar-refractivity contribution in [2.75, 3.05) is 19.8 Å². The van der Waals surface area contributed by atoms with Crippen LogP contribution in [0.5, 0.6) is 0 Å². The van der Waals surface area contributed by atoms with Gasteiger partial charge in [0.05, 0.1) is 26.2 Å². The largest absolute Gasteiger partial charge is 0.466 e. The van der Waals surface area contributed by atoms with E-state index in [0.717, 1.165) is 0 Å². The second kappa shape index (κ2) is 6.73. The summed E-state index contributed by atoms with van der Waals surface area (Å²) in [5, 5.41) is 0. The Morgan fingerprint density at radius 3 is 2.55 bits per heavy atom. The van der Waals surface area contributed by atoms with Gasteiger partial charge < -0.3 is 18.9 Å². The van der Waals surface area contributed by atoms with Crippen LogP contribution in [-0.2, 0) is 23.7 Å². The molecule has 0 aromatic rings. The standard InChI is InChI=1S/C12H19F3O5/c1-4-17-10(16)5-9(12(13,14)15)18-6-8-7-19-11(2,3)20-8/h8-9H,4-7H2,1-3H3. The molecular formula is C12H19F3O5. The number of hydrogen-bond acceptors (Lipinski definition) is 5. The van der Waals surface area contributed by atoms with E-state index in [1.54, 1.807) is 13.8 Å². The van der Waals surface area contributed by atoms with Crippen molar-refractivity contribution in [3.63, 3.8) is 0 Å². The normalized spacial score (nSPS) is 23.6. The van der Waals surface area contributed by atoms with Crippen LogP contribution in [0.3, 0.4) is 0 Å². The molecule has 1 saturated heterocycles. The molecule has 5 nitrogen and oxygen atoms in total. The Labute approximate surface area is 115 Å². The van der Waals surface area contributed by atoms with E-state index < -0.39 is 36.6 Å². The summed E-state index contributed by atoms with van der Waals surface area (Å²) in [5.41, 5.74) is 0. The van der Waals surface area contributed by atoms with Gasteiger partial charge in [0, 0.05) is 0 Å². The van der Waals surface area contributed by atoms with Gasteiger partial charge in [-0.25, -0.2) is 0 Å². The maximum atomic E-state index is 12.7. The third-order valence-corrected chi connectivity index (χ3v) is 2.57. The summed E-state index contributed by atoms with van der Waals surface area (Å²) in [6, 6.07) is 0. The van der Waals surface area contributed by atoms with E-state index in [0.29, 0.717) is 0 Å². The first-order valence-electron chi connectivity index (χ1n) is 6.29. The van der Waals surface area contributed by atoms with Crippen LogP contribution in [0.2, 0.25) is 0 Å². The smallest absolute Gasteiger partial charge is 0.415 e. The van der Waals surface area contributed by atoms with Crippen molar-refractivity contribution in [2.24, 2.45) is 0 Å². The Hall–Kier alpha value is -0.860. The monoisotopic (exact) mass is 300 g/mol. The highest BCUT2D eigenvalue weighted by atomic mass is 19.4. The number of esters is 1. The van der Waals surface area contributed by atoms with E-state index in [-0.39, 0.29) is 19.8 Å². The predicted octanol–water partition coefficient (Wildman–Crippen LogP) is 2.04. The lowest BCUT2D eigenvalue weighted by Crippen LogP contribution is -2.37. The van der Waals surface area contributed by atoms with Crippen LogP contribution in [0.4, 0.5) is 13.2 Å². The average molecular weight is 300 g/mol. The first kappa shape index (κ1) is 17.2. The lowest BCUT2D eigenvalue weighted by Gasteiger charge is -2.22. The van der Waals surface area contributed by atoms with E-state index in [2.05, 4.69) is 4.74 Å². The van der Waals surface area contributed by atoms with Gasteiger partial charge in [-0.2, -0.15) is 13.2 Å². The third-order valence-electron chi connectivity index (χ3n) is 2.57.